The lowest BCUT2D eigenvalue weighted by Gasteiger charge is -2.32. The fraction of sp³-hybridized carbons (Fsp3) is 0.310. The van der Waals surface area contributed by atoms with E-state index in [-0.39, 0.29) is 36.4 Å². The Hall–Kier alpha value is -3.82. The normalized spacial score (nSPS) is 16.8. The molecule has 8 nitrogen and oxygen atoms in total. The molecule has 10 heteroatoms. The molecule has 2 heterocycles. The van der Waals surface area contributed by atoms with Gasteiger partial charge in [-0.15, -0.1) is 12.4 Å². The van der Waals surface area contributed by atoms with Gasteiger partial charge in [0, 0.05) is 23.9 Å². The molecule has 0 spiro atoms. The van der Waals surface area contributed by atoms with Crippen LogP contribution in [-0.2, 0) is 6.54 Å². The van der Waals surface area contributed by atoms with E-state index in [1.54, 1.807) is 50.7 Å². The number of ether oxygens (including phenoxy) is 3. The van der Waals surface area contributed by atoms with E-state index in [9.17, 15) is 9.18 Å². The number of fused-ring (bicyclic) bond motifs is 1. The van der Waals surface area contributed by atoms with Crippen molar-refractivity contribution in [2.24, 2.45) is 5.92 Å². The Morgan fingerprint density at radius 2 is 1.90 bits per heavy atom. The molecular formula is C29H32ClFN4O4. The predicted octanol–water partition coefficient (Wildman–Crippen LogP) is 4.84. The number of hydrogen-bond acceptors (Lipinski definition) is 6. The van der Waals surface area contributed by atoms with Gasteiger partial charge < -0.3 is 24.8 Å². The Labute approximate surface area is 232 Å². The summed E-state index contributed by atoms with van der Waals surface area (Å²) in [6.45, 7) is 2.24. The molecule has 0 aliphatic carbocycles. The van der Waals surface area contributed by atoms with Crippen LogP contribution >= 0.6 is 12.4 Å². The number of carbonyl (C=O) groups excluding carboxylic acids is 1. The van der Waals surface area contributed by atoms with E-state index >= 15 is 0 Å². The number of nitrogens with one attached hydrogen (secondary N) is 3. The minimum absolute atomic E-state index is 0. The molecule has 0 saturated carbocycles. The molecule has 0 unspecified atom stereocenters. The molecule has 4 aromatic rings. The second kappa shape index (κ2) is 12.8. The average Bonchev–Trinajstić information content (AvgIpc) is 3.43. The van der Waals surface area contributed by atoms with Crippen LogP contribution < -0.4 is 24.8 Å². The number of benzene rings is 3. The summed E-state index contributed by atoms with van der Waals surface area (Å²) in [7, 11) is 3.11. The van der Waals surface area contributed by atoms with Crippen LogP contribution in [0.5, 0.6) is 17.2 Å². The molecule has 1 aromatic heterocycles. The summed E-state index contributed by atoms with van der Waals surface area (Å²) in [4.78, 5) is 13.1. The van der Waals surface area contributed by atoms with Gasteiger partial charge in [0.2, 0.25) is 0 Å². The lowest BCUT2D eigenvalue weighted by Crippen LogP contribution is -2.38. The molecule has 1 amide bonds. The molecule has 5 rings (SSSR count). The van der Waals surface area contributed by atoms with Crippen LogP contribution in [0.1, 0.15) is 33.8 Å². The number of halogens is 2. The number of nitrogens with zero attached hydrogens (tertiary/aromatic N) is 1. The topological polar surface area (TPSA) is 97.5 Å². The van der Waals surface area contributed by atoms with Gasteiger partial charge in [-0.25, -0.2) is 4.39 Å². The van der Waals surface area contributed by atoms with E-state index in [2.05, 4.69) is 20.8 Å². The first-order valence-electron chi connectivity index (χ1n) is 12.6. The van der Waals surface area contributed by atoms with Crippen LogP contribution in [-0.4, -0.2) is 50.0 Å². The molecule has 3 N–H and O–H groups in total. The number of aromatic nitrogens is 2. The van der Waals surface area contributed by atoms with Crippen molar-refractivity contribution in [2.45, 2.75) is 18.9 Å². The molecule has 3 aromatic carbocycles. The number of piperidine rings is 1. The first kappa shape index (κ1) is 28.2. The van der Waals surface area contributed by atoms with Crippen molar-refractivity contribution in [1.29, 1.82) is 0 Å². The first-order chi connectivity index (χ1) is 18.6. The molecule has 1 aliphatic rings. The molecule has 1 fully saturated rings. The van der Waals surface area contributed by atoms with Crippen molar-refractivity contribution in [3.63, 3.8) is 0 Å². The van der Waals surface area contributed by atoms with Gasteiger partial charge in [-0.05, 0) is 60.8 Å². The summed E-state index contributed by atoms with van der Waals surface area (Å²) in [5, 5.41) is 14.3. The van der Waals surface area contributed by atoms with Gasteiger partial charge in [0.1, 0.15) is 23.1 Å². The van der Waals surface area contributed by atoms with Gasteiger partial charge in [-0.2, -0.15) is 5.10 Å². The van der Waals surface area contributed by atoms with E-state index < -0.39 is 11.7 Å². The largest absolute Gasteiger partial charge is 0.496 e. The molecule has 0 radical (unpaired) electrons. The van der Waals surface area contributed by atoms with Gasteiger partial charge in [0.15, 0.2) is 0 Å². The van der Waals surface area contributed by atoms with Gasteiger partial charge in [-0.3, -0.25) is 9.89 Å². The number of rotatable bonds is 9. The van der Waals surface area contributed by atoms with E-state index in [0.29, 0.717) is 23.7 Å². The zero-order valence-electron chi connectivity index (χ0n) is 21.8. The summed E-state index contributed by atoms with van der Waals surface area (Å²) < 4.78 is 31.8. The monoisotopic (exact) mass is 554 g/mol. The highest BCUT2D eigenvalue weighted by Gasteiger charge is 2.28. The predicted molar refractivity (Wildman–Crippen MR) is 150 cm³/mol. The number of amides is 1. The third kappa shape index (κ3) is 6.26. The number of aromatic amines is 1. The first-order valence-corrected chi connectivity index (χ1v) is 12.6. The van der Waals surface area contributed by atoms with Crippen molar-refractivity contribution in [2.75, 3.05) is 33.9 Å². The van der Waals surface area contributed by atoms with Crippen LogP contribution in [0.3, 0.4) is 0 Å². The smallest absolute Gasteiger partial charge is 0.254 e. The van der Waals surface area contributed by atoms with E-state index in [4.69, 9.17) is 14.2 Å². The zero-order chi connectivity index (χ0) is 26.5. The maximum Gasteiger partial charge on any atom is 0.254 e. The van der Waals surface area contributed by atoms with Crippen LogP contribution in [0, 0.1) is 11.7 Å². The highest BCUT2D eigenvalue weighted by Crippen LogP contribution is 2.33. The second-order valence-electron chi connectivity index (χ2n) is 9.35. The van der Waals surface area contributed by atoms with Crippen molar-refractivity contribution in [3.05, 3.63) is 83.3 Å². The lowest BCUT2D eigenvalue weighted by atomic mass is 9.81. The third-order valence-corrected chi connectivity index (χ3v) is 7.10. The van der Waals surface area contributed by atoms with E-state index in [1.807, 2.05) is 18.2 Å². The molecule has 1 aliphatic heterocycles. The van der Waals surface area contributed by atoms with Crippen molar-refractivity contribution in [3.8, 4) is 17.2 Å². The highest BCUT2D eigenvalue weighted by molar-refractivity contribution is 5.94. The molecule has 206 valence electrons. The summed E-state index contributed by atoms with van der Waals surface area (Å²) >= 11 is 0. The van der Waals surface area contributed by atoms with E-state index in [0.717, 1.165) is 41.7 Å². The van der Waals surface area contributed by atoms with Crippen LogP contribution in [0.25, 0.3) is 10.9 Å². The number of carbonyl (C=O) groups is 1. The fourth-order valence-electron chi connectivity index (χ4n) is 5.06. The quantitative estimate of drug-likeness (QED) is 0.274. The number of hydrogen-bond donors (Lipinski definition) is 3. The molecule has 0 bridgehead atoms. The third-order valence-electron chi connectivity index (χ3n) is 7.10. The maximum absolute atomic E-state index is 14.8. The summed E-state index contributed by atoms with van der Waals surface area (Å²) in [6.07, 6.45) is 2.63. The standard InChI is InChI=1S/C29H31FN4O4.ClH/c1-36-27-4-3-5-28(37-2)24(27)16-32-29(35)23-12-18(7-9-25(23)30)22-10-11-31-14-20(22)17-38-21-8-6-19-15-33-34-26(19)13-21;/h3-9,12-13,15,20,22,31H,10-11,14,16-17H2,1-2H3,(H,32,35)(H,33,34);1H/t20-,22-;/m0./s1. The Balaban J connectivity index is 0.00000353. The SMILES string of the molecule is COc1cccc(OC)c1CNC(=O)c1cc([C@@H]2CCNC[C@H]2COc2ccc3cn[nH]c3c2)ccc1F.Cl. The van der Waals surface area contributed by atoms with Crippen LogP contribution in [0.2, 0.25) is 0 Å². The Bertz CT molecular complexity index is 1410. The van der Waals surface area contributed by atoms with Crippen molar-refractivity contribution < 1.29 is 23.4 Å². The second-order valence-corrected chi connectivity index (χ2v) is 9.35. The molecule has 1 saturated heterocycles. The number of methoxy groups -OCH3 is 2. The number of H-pyrrole nitrogens is 1. The van der Waals surface area contributed by atoms with Crippen LogP contribution in [0.4, 0.5) is 4.39 Å². The average molecular weight is 555 g/mol. The maximum atomic E-state index is 14.8. The van der Waals surface area contributed by atoms with Gasteiger partial charge in [0.25, 0.3) is 5.91 Å². The molecular weight excluding hydrogens is 523 g/mol. The lowest BCUT2D eigenvalue weighted by molar-refractivity contribution is 0.0946. The summed E-state index contributed by atoms with van der Waals surface area (Å²) in [5.41, 5.74) is 2.54. The zero-order valence-corrected chi connectivity index (χ0v) is 22.6. The fourth-order valence-corrected chi connectivity index (χ4v) is 5.06. The van der Waals surface area contributed by atoms with E-state index in [1.165, 1.54) is 6.07 Å². The summed E-state index contributed by atoms with van der Waals surface area (Å²) in [5.74, 6) is 1.15. The Morgan fingerprint density at radius 1 is 1.10 bits per heavy atom. The van der Waals surface area contributed by atoms with Crippen molar-refractivity contribution >= 4 is 29.2 Å². The van der Waals surface area contributed by atoms with Gasteiger partial charge >= 0.3 is 0 Å². The summed E-state index contributed by atoms with van der Waals surface area (Å²) in [6, 6.07) is 16.0. The molecule has 2 atom stereocenters. The van der Waals surface area contributed by atoms with Gasteiger partial charge in [-0.1, -0.05) is 12.1 Å². The Kier molecular flexibility index (Phi) is 9.27. The minimum atomic E-state index is -0.562. The van der Waals surface area contributed by atoms with Crippen LogP contribution in [0.15, 0.2) is 60.8 Å². The van der Waals surface area contributed by atoms with Crippen molar-refractivity contribution in [1.82, 2.24) is 20.8 Å². The Morgan fingerprint density at radius 3 is 2.67 bits per heavy atom. The van der Waals surface area contributed by atoms with Gasteiger partial charge in [0.05, 0.1) is 50.2 Å². The minimum Gasteiger partial charge on any atom is -0.496 e. The molecule has 39 heavy (non-hydrogen) atoms. The highest BCUT2D eigenvalue weighted by atomic mass is 35.5.